The molecule has 6 heteroatoms. The van der Waals surface area contributed by atoms with Gasteiger partial charge in [-0.2, -0.15) is 0 Å². The molecule has 2 heterocycles. The SMILES string of the molecule is CCC(CO)NC(=O)c1ccc(-c2nc3ccccc3s2)s1. The summed E-state index contributed by atoms with van der Waals surface area (Å²) in [4.78, 5) is 18.4. The van der Waals surface area contributed by atoms with E-state index < -0.39 is 0 Å². The van der Waals surface area contributed by atoms with Crippen molar-refractivity contribution in [2.45, 2.75) is 19.4 Å². The Morgan fingerprint density at radius 2 is 2.09 bits per heavy atom. The van der Waals surface area contributed by atoms with Gasteiger partial charge in [0, 0.05) is 0 Å². The number of hydrogen-bond acceptors (Lipinski definition) is 5. The summed E-state index contributed by atoms with van der Waals surface area (Å²) in [5.74, 6) is -0.140. The fraction of sp³-hybridized carbons (Fsp3) is 0.250. The smallest absolute Gasteiger partial charge is 0.261 e. The van der Waals surface area contributed by atoms with Gasteiger partial charge >= 0.3 is 0 Å². The van der Waals surface area contributed by atoms with Crippen LogP contribution < -0.4 is 5.32 Å². The first-order valence-electron chi connectivity index (χ1n) is 7.08. The molecular weight excluding hydrogens is 316 g/mol. The number of aromatic nitrogens is 1. The van der Waals surface area contributed by atoms with Gasteiger partial charge in [-0.25, -0.2) is 4.98 Å². The van der Waals surface area contributed by atoms with Crippen molar-refractivity contribution in [1.82, 2.24) is 10.3 Å². The van der Waals surface area contributed by atoms with Crippen LogP contribution in [0, 0.1) is 0 Å². The van der Waals surface area contributed by atoms with E-state index in [1.165, 1.54) is 11.3 Å². The van der Waals surface area contributed by atoms with Crippen molar-refractivity contribution in [2.75, 3.05) is 6.61 Å². The van der Waals surface area contributed by atoms with Gasteiger partial charge in [0.25, 0.3) is 5.91 Å². The Labute approximate surface area is 136 Å². The molecule has 4 nitrogen and oxygen atoms in total. The van der Waals surface area contributed by atoms with Gasteiger partial charge in [-0.15, -0.1) is 22.7 Å². The molecule has 3 rings (SSSR count). The number of rotatable bonds is 5. The molecule has 2 aromatic heterocycles. The van der Waals surface area contributed by atoms with Crippen LogP contribution in [-0.2, 0) is 0 Å². The summed E-state index contributed by atoms with van der Waals surface area (Å²) in [6.07, 6.45) is 0.707. The number of para-hydroxylation sites is 1. The Bertz CT molecular complexity index is 757. The molecule has 0 aliphatic carbocycles. The number of carbonyl (C=O) groups excluding carboxylic acids is 1. The molecule has 0 aliphatic heterocycles. The molecular formula is C16H16N2O2S2. The highest BCUT2D eigenvalue weighted by Crippen LogP contribution is 2.34. The zero-order chi connectivity index (χ0) is 15.5. The second kappa shape index (κ2) is 6.56. The van der Waals surface area contributed by atoms with E-state index in [9.17, 15) is 4.79 Å². The molecule has 0 aliphatic rings. The minimum Gasteiger partial charge on any atom is -0.394 e. The van der Waals surface area contributed by atoms with Crippen LogP contribution in [0.3, 0.4) is 0 Å². The number of amides is 1. The van der Waals surface area contributed by atoms with E-state index in [4.69, 9.17) is 5.11 Å². The average Bonchev–Trinajstić information content (AvgIpc) is 3.18. The molecule has 2 N–H and O–H groups in total. The zero-order valence-electron chi connectivity index (χ0n) is 12.1. The van der Waals surface area contributed by atoms with Crippen LogP contribution in [0.5, 0.6) is 0 Å². The number of nitrogens with zero attached hydrogens (tertiary/aromatic N) is 1. The van der Waals surface area contributed by atoms with Crippen molar-refractivity contribution < 1.29 is 9.90 Å². The standard InChI is InChI=1S/C16H16N2O2S2/c1-2-10(9-19)17-15(20)13-7-8-14(21-13)16-18-11-5-3-4-6-12(11)22-16/h3-8,10,19H,2,9H2,1H3,(H,17,20). The predicted molar refractivity (Wildman–Crippen MR) is 91.6 cm³/mol. The maximum Gasteiger partial charge on any atom is 0.261 e. The van der Waals surface area contributed by atoms with Gasteiger partial charge in [-0.05, 0) is 30.7 Å². The fourth-order valence-electron chi connectivity index (χ4n) is 2.09. The van der Waals surface area contributed by atoms with Crippen LogP contribution >= 0.6 is 22.7 Å². The zero-order valence-corrected chi connectivity index (χ0v) is 13.7. The summed E-state index contributed by atoms with van der Waals surface area (Å²) in [5, 5.41) is 12.9. The normalized spacial score (nSPS) is 12.5. The monoisotopic (exact) mass is 332 g/mol. The molecule has 1 atom stereocenters. The second-order valence-corrected chi connectivity index (χ2v) is 7.03. The lowest BCUT2D eigenvalue weighted by atomic mass is 10.2. The van der Waals surface area contributed by atoms with Crippen molar-refractivity contribution in [3.05, 3.63) is 41.3 Å². The molecule has 22 heavy (non-hydrogen) atoms. The summed E-state index contributed by atoms with van der Waals surface area (Å²) in [5.41, 5.74) is 0.980. The lowest BCUT2D eigenvalue weighted by Gasteiger charge is -2.12. The lowest BCUT2D eigenvalue weighted by Crippen LogP contribution is -2.36. The van der Waals surface area contributed by atoms with Crippen LogP contribution in [0.25, 0.3) is 20.1 Å². The van der Waals surface area contributed by atoms with Crippen LogP contribution in [0.1, 0.15) is 23.0 Å². The van der Waals surface area contributed by atoms with Gasteiger partial charge in [0.2, 0.25) is 0 Å². The number of aliphatic hydroxyl groups excluding tert-OH is 1. The fourth-order valence-corrected chi connectivity index (χ4v) is 4.02. The van der Waals surface area contributed by atoms with Crippen LogP contribution in [0.2, 0.25) is 0 Å². The Morgan fingerprint density at radius 1 is 1.27 bits per heavy atom. The van der Waals surface area contributed by atoms with Gasteiger partial charge in [0.05, 0.1) is 32.6 Å². The van der Waals surface area contributed by atoms with E-state index in [0.717, 1.165) is 20.1 Å². The number of nitrogens with one attached hydrogen (secondary N) is 1. The Morgan fingerprint density at radius 3 is 2.82 bits per heavy atom. The number of aliphatic hydroxyl groups is 1. The average molecular weight is 332 g/mol. The number of thiazole rings is 1. The molecule has 0 fully saturated rings. The summed E-state index contributed by atoms with van der Waals surface area (Å²) in [7, 11) is 0. The highest BCUT2D eigenvalue weighted by molar-refractivity contribution is 7.26. The Balaban J connectivity index is 1.82. The number of benzene rings is 1. The number of hydrogen-bond donors (Lipinski definition) is 2. The highest BCUT2D eigenvalue weighted by Gasteiger charge is 2.15. The van der Waals surface area contributed by atoms with Crippen molar-refractivity contribution >= 4 is 38.8 Å². The molecule has 0 bridgehead atoms. The van der Waals surface area contributed by atoms with Gasteiger partial charge in [0.1, 0.15) is 5.01 Å². The predicted octanol–water partition coefficient (Wildman–Crippen LogP) is 3.53. The molecule has 0 radical (unpaired) electrons. The molecule has 0 spiro atoms. The van der Waals surface area contributed by atoms with Gasteiger partial charge in [-0.1, -0.05) is 19.1 Å². The van der Waals surface area contributed by atoms with Crippen molar-refractivity contribution in [1.29, 1.82) is 0 Å². The third kappa shape index (κ3) is 3.04. The third-order valence-electron chi connectivity index (χ3n) is 3.38. The molecule has 1 amide bonds. The maximum atomic E-state index is 12.2. The first-order valence-corrected chi connectivity index (χ1v) is 8.72. The summed E-state index contributed by atoms with van der Waals surface area (Å²) < 4.78 is 1.14. The van der Waals surface area contributed by atoms with Crippen molar-refractivity contribution in [3.8, 4) is 9.88 Å². The first kappa shape index (κ1) is 15.1. The van der Waals surface area contributed by atoms with E-state index in [0.29, 0.717) is 11.3 Å². The Hall–Kier alpha value is -1.76. The largest absolute Gasteiger partial charge is 0.394 e. The summed E-state index contributed by atoms with van der Waals surface area (Å²) in [6, 6.07) is 11.5. The van der Waals surface area contributed by atoms with Crippen LogP contribution in [-0.4, -0.2) is 28.6 Å². The molecule has 1 unspecified atom stereocenters. The molecule has 114 valence electrons. The number of thiophene rings is 1. The lowest BCUT2D eigenvalue weighted by molar-refractivity contribution is 0.0919. The van der Waals surface area contributed by atoms with E-state index in [1.807, 2.05) is 43.3 Å². The summed E-state index contributed by atoms with van der Waals surface area (Å²) in [6.45, 7) is 1.89. The quantitative estimate of drug-likeness (QED) is 0.751. The van der Waals surface area contributed by atoms with Gasteiger partial charge in [-0.3, -0.25) is 4.79 Å². The van der Waals surface area contributed by atoms with E-state index >= 15 is 0 Å². The van der Waals surface area contributed by atoms with Gasteiger partial charge < -0.3 is 10.4 Å². The van der Waals surface area contributed by atoms with Gasteiger partial charge in [0.15, 0.2) is 0 Å². The van der Waals surface area contributed by atoms with E-state index in [-0.39, 0.29) is 18.6 Å². The minimum absolute atomic E-state index is 0.0433. The van der Waals surface area contributed by atoms with Crippen LogP contribution in [0.4, 0.5) is 0 Å². The first-order chi connectivity index (χ1) is 10.7. The van der Waals surface area contributed by atoms with Crippen molar-refractivity contribution in [3.63, 3.8) is 0 Å². The minimum atomic E-state index is -0.194. The topological polar surface area (TPSA) is 62.2 Å². The highest BCUT2D eigenvalue weighted by atomic mass is 32.1. The number of fused-ring (bicyclic) bond motifs is 1. The third-order valence-corrected chi connectivity index (χ3v) is 5.67. The molecule has 0 saturated heterocycles. The van der Waals surface area contributed by atoms with Crippen LogP contribution in [0.15, 0.2) is 36.4 Å². The Kier molecular flexibility index (Phi) is 4.52. The molecule has 1 aromatic carbocycles. The number of carbonyl (C=O) groups is 1. The van der Waals surface area contributed by atoms with E-state index in [1.54, 1.807) is 11.3 Å². The molecule has 0 saturated carbocycles. The maximum absolute atomic E-state index is 12.2. The summed E-state index contributed by atoms with van der Waals surface area (Å²) >= 11 is 3.05. The van der Waals surface area contributed by atoms with E-state index in [2.05, 4.69) is 10.3 Å². The van der Waals surface area contributed by atoms with Crippen molar-refractivity contribution in [2.24, 2.45) is 0 Å². The second-order valence-electron chi connectivity index (χ2n) is 4.91. The molecule has 3 aromatic rings.